The fourth-order valence-electron chi connectivity index (χ4n) is 4.45. The molecule has 8 nitrogen and oxygen atoms in total. The van der Waals surface area contributed by atoms with E-state index in [2.05, 4.69) is 39.2 Å². The van der Waals surface area contributed by atoms with Crippen LogP contribution in [-0.2, 0) is 13.1 Å². The van der Waals surface area contributed by atoms with Gasteiger partial charge in [-0.15, -0.1) is 10.2 Å². The van der Waals surface area contributed by atoms with Gasteiger partial charge in [-0.3, -0.25) is 9.69 Å². The fourth-order valence-corrected chi connectivity index (χ4v) is 4.45. The number of aromatic nitrogens is 4. The summed E-state index contributed by atoms with van der Waals surface area (Å²) < 4.78 is 49.7. The van der Waals surface area contributed by atoms with Crippen LogP contribution in [0.2, 0.25) is 0 Å². The minimum absolute atomic E-state index is 0.0803. The highest BCUT2D eigenvalue weighted by Crippen LogP contribution is 2.34. The molecule has 0 saturated heterocycles. The molecule has 1 atom stereocenters. The summed E-state index contributed by atoms with van der Waals surface area (Å²) in [5, 5.41) is 10.9. The van der Waals surface area contributed by atoms with Gasteiger partial charge in [-0.05, 0) is 17.4 Å². The molecule has 3 heterocycles. The van der Waals surface area contributed by atoms with Crippen LogP contribution in [0.4, 0.5) is 13.2 Å². The normalized spacial score (nSPS) is 15.3. The fraction of sp³-hybridized carbons (Fsp3) is 0.520. The first-order valence-electron chi connectivity index (χ1n) is 11.9. The quantitative estimate of drug-likeness (QED) is 0.492. The molecule has 3 aromatic rings. The van der Waals surface area contributed by atoms with Gasteiger partial charge >= 0.3 is 0 Å². The number of fused-ring (bicyclic) bond motifs is 1. The maximum Gasteiger partial charge on any atom is 0.272 e. The Morgan fingerprint density at radius 3 is 2.42 bits per heavy atom. The highest BCUT2D eigenvalue weighted by molar-refractivity contribution is 5.94. The number of nitrogens with zero attached hydrogens (tertiary/aromatic N) is 5. The standard InChI is InChI=1S/C25H31F3N6O2/c1-13(2)11-33-7-8-34-19(12-33)20(29-22(34)15-9-17(27)18(28)10-16(15)26)23(35)30-21(25(4,5)6)24-32-31-14(3)36-24/h9-10,13,21H,7-8,11-12H2,1-6H3,(H,30,35). The topological polar surface area (TPSA) is 89.1 Å². The molecule has 0 saturated carbocycles. The molecule has 1 N–H and O–H groups in total. The summed E-state index contributed by atoms with van der Waals surface area (Å²) >= 11 is 0. The molecule has 194 valence electrons. The molecule has 1 aromatic carbocycles. The van der Waals surface area contributed by atoms with E-state index in [1.165, 1.54) is 0 Å². The second-order valence-corrected chi connectivity index (χ2v) is 10.7. The molecule has 0 fully saturated rings. The average molecular weight is 505 g/mol. The van der Waals surface area contributed by atoms with E-state index in [4.69, 9.17) is 4.42 Å². The maximum absolute atomic E-state index is 14.7. The highest BCUT2D eigenvalue weighted by Gasteiger charge is 2.36. The highest BCUT2D eigenvalue weighted by atomic mass is 19.2. The number of imidazole rings is 1. The molecular weight excluding hydrogens is 473 g/mol. The number of rotatable bonds is 6. The van der Waals surface area contributed by atoms with Crippen LogP contribution in [0.1, 0.15) is 68.6 Å². The number of aryl methyl sites for hydroxylation is 1. The van der Waals surface area contributed by atoms with Crippen LogP contribution >= 0.6 is 0 Å². The van der Waals surface area contributed by atoms with E-state index in [1.807, 2.05) is 20.8 Å². The van der Waals surface area contributed by atoms with Crippen LogP contribution in [0, 0.1) is 35.7 Å². The molecule has 36 heavy (non-hydrogen) atoms. The number of hydrogen-bond donors (Lipinski definition) is 1. The zero-order valence-corrected chi connectivity index (χ0v) is 21.3. The van der Waals surface area contributed by atoms with Crippen molar-refractivity contribution in [1.82, 2.24) is 30.0 Å². The Morgan fingerprint density at radius 2 is 1.81 bits per heavy atom. The zero-order valence-electron chi connectivity index (χ0n) is 21.3. The van der Waals surface area contributed by atoms with Gasteiger partial charge in [0.2, 0.25) is 11.8 Å². The van der Waals surface area contributed by atoms with Crippen LogP contribution in [0.15, 0.2) is 16.5 Å². The number of carbonyl (C=O) groups is 1. The third-order valence-electron chi connectivity index (χ3n) is 6.11. The van der Waals surface area contributed by atoms with Gasteiger partial charge in [-0.25, -0.2) is 18.2 Å². The van der Waals surface area contributed by atoms with Gasteiger partial charge in [0.25, 0.3) is 5.91 Å². The molecule has 1 amide bonds. The van der Waals surface area contributed by atoms with Gasteiger partial charge in [0, 0.05) is 39.2 Å². The van der Waals surface area contributed by atoms with Crippen LogP contribution < -0.4 is 5.32 Å². The van der Waals surface area contributed by atoms with Crippen molar-refractivity contribution in [3.8, 4) is 11.4 Å². The van der Waals surface area contributed by atoms with E-state index in [0.29, 0.717) is 43.2 Å². The molecule has 0 radical (unpaired) electrons. The monoisotopic (exact) mass is 504 g/mol. The first-order chi connectivity index (χ1) is 16.8. The number of nitrogens with one attached hydrogen (secondary N) is 1. The molecule has 2 aromatic heterocycles. The Labute approximate surface area is 207 Å². The van der Waals surface area contributed by atoms with Crippen LogP contribution in [0.3, 0.4) is 0 Å². The molecule has 1 aliphatic heterocycles. The molecule has 11 heteroatoms. The van der Waals surface area contributed by atoms with Crippen molar-refractivity contribution in [3.05, 3.63) is 52.8 Å². The number of carbonyl (C=O) groups excluding carboxylic acids is 1. The second-order valence-electron chi connectivity index (χ2n) is 10.7. The van der Waals surface area contributed by atoms with E-state index in [-0.39, 0.29) is 23.0 Å². The van der Waals surface area contributed by atoms with E-state index in [0.717, 1.165) is 12.6 Å². The maximum atomic E-state index is 14.7. The Bertz CT molecular complexity index is 1280. The summed E-state index contributed by atoms with van der Waals surface area (Å²) in [6.45, 7) is 13.9. The molecule has 1 unspecified atom stereocenters. The summed E-state index contributed by atoms with van der Waals surface area (Å²) in [5.41, 5.74) is -0.0139. The van der Waals surface area contributed by atoms with Gasteiger partial charge < -0.3 is 14.3 Å². The second kappa shape index (κ2) is 9.68. The van der Waals surface area contributed by atoms with E-state index < -0.39 is 34.8 Å². The van der Waals surface area contributed by atoms with Crippen LogP contribution in [0.25, 0.3) is 11.4 Å². The van der Waals surface area contributed by atoms with Crippen LogP contribution in [0.5, 0.6) is 0 Å². The van der Waals surface area contributed by atoms with Gasteiger partial charge in [-0.2, -0.15) is 0 Å². The first kappa shape index (κ1) is 25.9. The zero-order chi connectivity index (χ0) is 26.4. The third-order valence-corrected chi connectivity index (χ3v) is 6.11. The largest absolute Gasteiger partial charge is 0.423 e. The smallest absolute Gasteiger partial charge is 0.272 e. The molecule has 4 rings (SSSR count). The predicted octanol–water partition coefficient (Wildman–Crippen LogP) is 4.65. The number of amides is 1. The lowest BCUT2D eigenvalue weighted by Gasteiger charge is -2.31. The average Bonchev–Trinajstić information content (AvgIpc) is 3.36. The minimum Gasteiger partial charge on any atom is -0.423 e. The molecular formula is C25H31F3N6O2. The van der Waals surface area contributed by atoms with E-state index in [9.17, 15) is 18.0 Å². The van der Waals surface area contributed by atoms with Crippen molar-refractivity contribution < 1.29 is 22.4 Å². The van der Waals surface area contributed by atoms with Crippen molar-refractivity contribution >= 4 is 5.91 Å². The summed E-state index contributed by atoms with van der Waals surface area (Å²) in [7, 11) is 0. The summed E-state index contributed by atoms with van der Waals surface area (Å²) in [6.07, 6.45) is 0. The van der Waals surface area contributed by atoms with Crippen molar-refractivity contribution in [1.29, 1.82) is 0 Å². The SMILES string of the molecule is Cc1nnc(C(NC(=O)c2nc(-c3cc(F)c(F)cc3F)n3c2CN(CC(C)C)CC3)C(C)(C)C)o1. The van der Waals surface area contributed by atoms with E-state index >= 15 is 0 Å². The van der Waals surface area contributed by atoms with Crippen LogP contribution in [-0.4, -0.2) is 43.6 Å². The number of benzene rings is 1. The number of halogens is 3. The lowest BCUT2D eigenvalue weighted by atomic mass is 9.86. The molecule has 0 aliphatic carbocycles. The van der Waals surface area contributed by atoms with Gasteiger partial charge in [0.05, 0.1) is 11.3 Å². The number of hydrogen-bond acceptors (Lipinski definition) is 6. The molecule has 0 spiro atoms. The lowest BCUT2D eigenvalue weighted by molar-refractivity contribution is 0.0876. The van der Waals surface area contributed by atoms with Crippen molar-refractivity contribution in [2.24, 2.45) is 11.3 Å². The summed E-state index contributed by atoms with van der Waals surface area (Å²) in [6, 6.07) is 0.650. The van der Waals surface area contributed by atoms with Gasteiger partial charge in [0.1, 0.15) is 17.7 Å². The van der Waals surface area contributed by atoms with Gasteiger partial charge in [-0.1, -0.05) is 34.6 Å². The summed E-state index contributed by atoms with van der Waals surface area (Å²) in [4.78, 5) is 20.3. The van der Waals surface area contributed by atoms with Crippen molar-refractivity contribution in [3.63, 3.8) is 0 Å². The first-order valence-corrected chi connectivity index (χ1v) is 11.9. The van der Waals surface area contributed by atoms with Crippen molar-refractivity contribution in [2.45, 2.75) is 60.7 Å². The Hall–Kier alpha value is -3.21. The third kappa shape index (κ3) is 5.16. The Balaban J connectivity index is 1.78. The molecule has 1 aliphatic rings. The predicted molar refractivity (Wildman–Crippen MR) is 126 cm³/mol. The summed E-state index contributed by atoms with van der Waals surface area (Å²) in [5.74, 6) is -2.83. The Morgan fingerprint density at radius 1 is 1.11 bits per heavy atom. The Kier molecular flexibility index (Phi) is 6.96. The lowest BCUT2D eigenvalue weighted by Crippen LogP contribution is -2.39. The minimum atomic E-state index is -1.29. The van der Waals surface area contributed by atoms with Gasteiger partial charge in [0.15, 0.2) is 17.3 Å². The van der Waals surface area contributed by atoms with E-state index in [1.54, 1.807) is 11.5 Å². The van der Waals surface area contributed by atoms with Crippen molar-refractivity contribution in [2.75, 3.05) is 13.1 Å². The molecule has 0 bridgehead atoms.